The van der Waals surface area contributed by atoms with Crippen LogP contribution in [0.15, 0.2) is 54.6 Å². The van der Waals surface area contributed by atoms with Gasteiger partial charge in [0.15, 0.2) is 23.3 Å². The maximum atomic E-state index is 14.6. The molecule has 0 amide bonds. The minimum absolute atomic E-state index is 0.547. The zero-order valence-corrected chi connectivity index (χ0v) is 16.5. The van der Waals surface area contributed by atoms with Crippen LogP contribution in [0.2, 0.25) is 0 Å². The van der Waals surface area contributed by atoms with Crippen LogP contribution in [-0.2, 0) is 0 Å². The van der Waals surface area contributed by atoms with Gasteiger partial charge in [0.05, 0.1) is 5.56 Å². The monoisotopic (exact) mass is 487 g/mol. The lowest BCUT2D eigenvalue weighted by atomic mass is 10.0. The summed E-state index contributed by atoms with van der Waals surface area (Å²) in [6, 6.07) is 7.73. The number of nitrogens with zero attached hydrogens (tertiary/aromatic N) is 2. The maximum absolute atomic E-state index is 14.6. The predicted molar refractivity (Wildman–Crippen MR) is 103 cm³/mol. The molecule has 2 atom stereocenters. The Bertz CT molecular complexity index is 1050. The van der Waals surface area contributed by atoms with E-state index in [0.29, 0.717) is 0 Å². The lowest BCUT2D eigenvalue weighted by Gasteiger charge is -2.27. The van der Waals surface area contributed by atoms with Crippen LogP contribution in [0.3, 0.4) is 0 Å². The van der Waals surface area contributed by atoms with Crippen molar-refractivity contribution < 1.29 is 26.3 Å². The van der Waals surface area contributed by atoms with E-state index >= 15 is 0 Å². The molecule has 3 aromatic carbocycles. The van der Waals surface area contributed by atoms with Gasteiger partial charge in [0.1, 0.15) is 34.0 Å². The number of halogens is 7. The molecule has 0 saturated carbocycles. The van der Waals surface area contributed by atoms with Crippen LogP contribution < -0.4 is 15.6 Å². The second-order valence-electron chi connectivity index (χ2n) is 6.43. The molecule has 1 aliphatic rings. The fraction of sp³-hybridized carbons (Fsp3) is 0.100. The minimum atomic E-state index is -1.45. The molecule has 1 fully saturated rings. The highest BCUT2D eigenvalue weighted by Crippen LogP contribution is 2.44. The van der Waals surface area contributed by atoms with E-state index < -0.39 is 62.8 Å². The molecule has 0 bridgehead atoms. The van der Waals surface area contributed by atoms with Gasteiger partial charge in [-0.15, -0.1) is 5.53 Å². The van der Waals surface area contributed by atoms with Crippen LogP contribution in [0.25, 0.3) is 0 Å². The van der Waals surface area contributed by atoms with Crippen LogP contribution in [0.5, 0.6) is 0 Å². The van der Waals surface area contributed by atoms with Gasteiger partial charge in [0.25, 0.3) is 0 Å². The van der Waals surface area contributed by atoms with Crippen molar-refractivity contribution in [3.63, 3.8) is 0 Å². The van der Waals surface area contributed by atoms with Crippen molar-refractivity contribution in [3.8, 4) is 0 Å². The molecule has 156 valence electrons. The van der Waals surface area contributed by atoms with Gasteiger partial charge in [-0.25, -0.2) is 26.3 Å². The second kappa shape index (κ2) is 7.84. The van der Waals surface area contributed by atoms with E-state index in [1.165, 1.54) is 0 Å². The number of hydrogen-bond donors (Lipinski definition) is 1. The normalized spacial score (nSPS) is 18.9. The van der Waals surface area contributed by atoms with Crippen molar-refractivity contribution >= 4 is 27.3 Å². The minimum Gasteiger partial charge on any atom is -0.274 e. The number of alkyl halides is 1. The first kappa shape index (κ1) is 20.5. The van der Waals surface area contributed by atoms with Crippen molar-refractivity contribution in [2.24, 2.45) is 0 Å². The van der Waals surface area contributed by atoms with Gasteiger partial charge in [0, 0.05) is 0 Å². The Morgan fingerprint density at radius 3 is 1.40 bits per heavy atom. The lowest BCUT2D eigenvalue weighted by molar-refractivity contribution is 0.509. The fourth-order valence-corrected chi connectivity index (χ4v) is 4.16. The molecular weight excluding hydrogens is 476 g/mol. The van der Waals surface area contributed by atoms with E-state index in [2.05, 4.69) is 21.5 Å². The van der Waals surface area contributed by atoms with E-state index in [-0.39, 0.29) is 0 Å². The third-order valence-electron chi connectivity index (χ3n) is 4.65. The summed E-state index contributed by atoms with van der Waals surface area (Å²) in [7, 11) is 0. The number of anilines is 2. The largest absolute Gasteiger partial charge is 0.274 e. The summed E-state index contributed by atoms with van der Waals surface area (Å²) in [5.41, 5.74) is 0.649. The van der Waals surface area contributed by atoms with Crippen molar-refractivity contribution in [2.45, 2.75) is 11.0 Å². The molecule has 1 heterocycles. The van der Waals surface area contributed by atoms with E-state index in [4.69, 9.17) is 0 Å². The molecule has 0 aromatic heterocycles. The Morgan fingerprint density at radius 1 is 0.600 bits per heavy atom. The van der Waals surface area contributed by atoms with Crippen LogP contribution >= 0.6 is 15.9 Å². The molecule has 4 rings (SSSR count). The molecule has 0 aliphatic carbocycles. The van der Waals surface area contributed by atoms with Gasteiger partial charge in [0.2, 0.25) is 0 Å². The molecule has 30 heavy (non-hydrogen) atoms. The summed E-state index contributed by atoms with van der Waals surface area (Å²) in [4.78, 5) is -1.23. The van der Waals surface area contributed by atoms with Gasteiger partial charge in [-0.1, -0.05) is 34.1 Å². The summed E-state index contributed by atoms with van der Waals surface area (Å²) in [5.74, 6) is -6.06. The summed E-state index contributed by atoms with van der Waals surface area (Å²) in [5, 5.41) is 1.66. The fourth-order valence-electron chi connectivity index (χ4n) is 3.36. The number of hydrogen-bond acceptors (Lipinski definition) is 3. The van der Waals surface area contributed by atoms with Crippen molar-refractivity contribution in [3.05, 3.63) is 95.1 Å². The summed E-state index contributed by atoms with van der Waals surface area (Å²) in [6.45, 7) is 0. The number of nitrogens with one attached hydrogen (secondary N) is 1. The molecule has 10 heteroatoms. The quantitative estimate of drug-likeness (QED) is 0.289. The highest BCUT2D eigenvalue weighted by Gasteiger charge is 2.46. The third kappa shape index (κ3) is 3.29. The average Bonchev–Trinajstić information content (AvgIpc) is 2.98. The molecule has 3 aromatic rings. The van der Waals surface area contributed by atoms with E-state index in [1.54, 1.807) is 0 Å². The highest BCUT2D eigenvalue weighted by atomic mass is 79.9. The van der Waals surface area contributed by atoms with Crippen LogP contribution in [-0.4, -0.2) is 4.95 Å². The summed E-state index contributed by atoms with van der Waals surface area (Å²) >= 11 is 3.18. The van der Waals surface area contributed by atoms with Crippen molar-refractivity contribution in [2.75, 3.05) is 10.0 Å². The van der Waals surface area contributed by atoms with Gasteiger partial charge in [-0.05, 0) is 36.4 Å². The Labute approximate surface area is 175 Å². The molecular formula is C20H12BrF6N3. The zero-order valence-electron chi connectivity index (χ0n) is 14.9. The van der Waals surface area contributed by atoms with Gasteiger partial charge in [-0.3, -0.25) is 10.0 Å². The number of hydrazine groups is 2. The van der Waals surface area contributed by atoms with Crippen molar-refractivity contribution in [1.29, 1.82) is 0 Å². The van der Waals surface area contributed by atoms with E-state index in [9.17, 15) is 26.3 Å². The molecule has 0 radical (unpaired) electrons. The zero-order chi connectivity index (χ0) is 21.6. The van der Waals surface area contributed by atoms with Gasteiger partial charge >= 0.3 is 0 Å². The SMILES string of the molecule is Fc1cccc(F)c1C1C(Br)N(c2c(F)cccc2F)NN1c1c(F)cccc1F. The summed E-state index contributed by atoms with van der Waals surface area (Å²) in [6.07, 6.45) is 0. The number of rotatable bonds is 3. The molecule has 1 saturated heterocycles. The predicted octanol–water partition coefficient (Wildman–Crippen LogP) is 5.73. The second-order valence-corrected chi connectivity index (χ2v) is 7.37. The Morgan fingerprint density at radius 2 is 0.967 bits per heavy atom. The Balaban J connectivity index is 1.93. The third-order valence-corrected chi connectivity index (χ3v) is 5.56. The topological polar surface area (TPSA) is 18.5 Å². The van der Waals surface area contributed by atoms with Gasteiger partial charge < -0.3 is 0 Å². The first-order valence-corrected chi connectivity index (χ1v) is 9.53. The first-order valence-electron chi connectivity index (χ1n) is 8.62. The van der Waals surface area contributed by atoms with E-state index in [1.807, 2.05) is 0 Å². The average molecular weight is 488 g/mol. The van der Waals surface area contributed by atoms with Gasteiger partial charge in [-0.2, -0.15) is 0 Å². The molecule has 3 nitrogen and oxygen atoms in total. The van der Waals surface area contributed by atoms with Crippen molar-refractivity contribution in [1.82, 2.24) is 5.53 Å². The highest BCUT2D eigenvalue weighted by molar-refractivity contribution is 9.09. The van der Waals surface area contributed by atoms with Crippen LogP contribution in [0.1, 0.15) is 11.6 Å². The number of para-hydroxylation sites is 2. The Hall–Kier alpha value is -2.72. The smallest absolute Gasteiger partial charge is 0.150 e. The first-order chi connectivity index (χ1) is 14.3. The molecule has 0 spiro atoms. The van der Waals surface area contributed by atoms with E-state index in [0.717, 1.165) is 64.6 Å². The number of benzene rings is 3. The molecule has 1 aliphatic heterocycles. The molecule has 2 unspecified atom stereocenters. The van der Waals surface area contributed by atoms with Crippen LogP contribution in [0, 0.1) is 34.9 Å². The van der Waals surface area contributed by atoms with Crippen LogP contribution in [0.4, 0.5) is 37.7 Å². The Kier molecular flexibility index (Phi) is 5.37. The standard InChI is InChI=1S/C20H12BrF6N3/c21-20-19(16-10(22)4-1-5-11(16)23)29(17-12(24)6-2-7-13(17)25)28-30(20)18-14(26)8-3-9-15(18)27/h1-9,19-20,28H. The maximum Gasteiger partial charge on any atom is 0.150 e. The summed E-state index contributed by atoms with van der Waals surface area (Å²) < 4.78 is 87.0. The molecule has 1 N–H and O–H groups in total. The lowest BCUT2D eigenvalue weighted by Crippen LogP contribution is -2.42.